The van der Waals surface area contributed by atoms with Crippen LogP contribution in [0.15, 0.2) is 12.1 Å². The number of carboxylic acids is 1. The fraction of sp³-hybridized carbons (Fsp3) is 0.500. The van der Waals surface area contributed by atoms with E-state index in [0.717, 1.165) is 31.7 Å². The molecule has 7 heteroatoms. The summed E-state index contributed by atoms with van der Waals surface area (Å²) < 4.78 is 37.7. The Kier molecular flexibility index (Phi) is 3.64. The average molecular weight is 274 g/mol. The number of rotatable bonds is 3. The summed E-state index contributed by atoms with van der Waals surface area (Å²) in [5, 5.41) is 11.8. The molecule has 1 saturated carbocycles. The van der Waals surface area contributed by atoms with Crippen molar-refractivity contribution in [2.45, 2.75) is 37.9 Å². The molecule has 104 valence electrons. The van der Waals surface area contributed by atoms with Crippen LogP contribution >= 0.6 is 0 Å². The van der Waals surface area contributed by atoms with Gasteiger partial charge >= 0.3 is 12.1 Å². The normalized spacial score (nSPS) is 16.6. The van der Waals surface area contributed by atoms with E-state index in [0.29, 0.717) is 6.07 Å². The molecule has 0 saturated heterocycles. The molecule has 0 unspecified atom stereocenters. The number of hydrogen-bond donors (Lipinski definition) is 2. The first-order valence-corrected chi connectivity index (χ1v) is 5.96. The van der Waals surface area contributed by atoms with Crippen molar-refractivity contribution < 1.29 is 23.1 Å². The largest absolute Gasteiger partial charge is 0.478 e. The van der Waals surface area contributed by atoms with E-state index in [-0.39, 0.29) is 17.4 Å². The van der Waals surface area contributed by atoms with E-state index in [9.17, 15) is 18.0 Å². The van der Waals surface area contributed by atoms with Crippen LogP contribution < -0.4 is 5.32 Å². The molecule has 0 spiro atoms. The number of carboxylic acid groups (broad SMARTS) is 1. The number of halogens is 3. The maximum Gasteiger partial charge on any atom is 0.433 e. The molecule has 0 amide bonds. The predicted molar refractivity (Wildman–Crippen MR) is 62.1 cm³/mol. The third kappa shape index (κ3) is 3.15. The summed E-state index contributed by atoms with van der Waals surface area (Å²) in [7, 11) is 0. The van der Waals surface area contributed by atoms with E-state index >= 15 is 0 Å². The fourth-order valence-electron chi connectivity index (χ4n) is 2.16. The van der Waals surface area contributed by atoms with Crippen molar-refractivity contribution in [1.82, 2.24) is 4.98 Å². The van der Waals surface area contributed by atoms with Crippen molar-refractivity contribution in [3.8, 4) is 0 Å². The highest BCUT2D eigenvalue weighted by Crippen LogP contribution is 2.30. The molecule has 4 nitrogen and oxygen atoms in total. The quantitative estimate of drug-likeness (QED) is 0.888. The van der Waals surface area contributed by atoms with Crippen LogP contribution in [0.1, 0.15) is 41.7 Å². The Morgan fingerprint density at radius 1 is 1.32 bits per heavy atom. The molecule has 2 N–H and O–H groups in total. The van der Waals surface area contributed by atoms with Gasteiger partial charge in [0.05, 0.1) is 0 Å². The number of anilines is 1. The van der Waals surface area contributed by atoms with Gasteiger partial charge in [-0.2, -0.15) is 13.2 Å². The molecule has 1 heterocycles. The molecule has 0 radical (unpaired) electrons. The van der Waals surface area contributed by atoms with Gasteiger partial charge in [0.25, 0.3) is 0 Å². The maximum atomic E-state index is 12.6. The van der Waals surface area contributed by atoms with Crippen molar-refractivity contribution in [3.05, 3.63) is 23.4 Å². The molecule has 1 aliphatic carbocycles. The average Bonchev–Trinajstić information content (AvgIpc) is 2.80. The lowest BCUT2D eigenvalue weighted by molar-refractivity contribution is -0.141. The van der Waals surface area contributed by atoms with Crippen LogP contribution in [0.3, 0.4) is 0 Å². The zero-order valence-electron chi connectivity index (χ0n) is 10.00. The number of aromatic carboxylic acids is 1. The van der Waals surface area contributed by atoms with Crippen molar-refractivity contribution in [2.24, 2.45) is 0 Å². The lowest BCUT2D eigenvalue weighted by atomic mass is 10.2. The zero-order valence-corrected chi connectivity index (χ0v) is 10.00. The number of hydrogen-bond acceptors (Lipinski definition) is 3. The van der Waals surface area contributed by atoms with Crippen molar-refractivity contribution >= 4 is 11.8 Å². The van der Waals surface area contributed by atoms with Gasteiger partial charge in [-0.05, 0) is 25.0 Å². The Morgan fingerprint density at radius 2 is 1.95 bits per heavy atom. The van der Waals surface area contributed by atoms with Crippen LogP contribution in [0.2, 0.25) is 0 Å². The van der Waals surface area contributed by atoms with Crippen LogP contribution in [0, 0.1) is 0 Å². The second-order valence-corrected chi connectivity index (χ2v) is 4.52. The topological polar surface area (TPSA) is 62.2 Å². The number of nitrogens with zero attached hydrogens (tertiary/aromatic N) is 1. The second-order valence-electron chi connectivity index (χ2n) is 4.52. The summed E-state index contributed by atoms with van der Waals surface area (Å²) in [6, 6.07) is 1.62. The number of pyridine rings is 1. The lowest BCUT2D eigenvalue weighted by Crippen LogP contribution is -2.20. The molecule has 1 aliphatic rings. The van der Waals surface area contributed by atoms with Gasteiger partial charge in [-0.25, -0.2) is 9.78 Å². The van der Waals surface area contributed by atoms with Crippen molar-refractivity contribution in [3.63, 3.8) is 0 Å². The number of aromatic nitrogens is 1. The molecule has 1 aromatic heterocycles. The maximum absolute atomic E-state index is 12.6. The third-order valence-electron chi connectivity index (χ3n) is 3.11. The molecular weight excluding hydrogens is 261 g/mol. The summed E-state index contributed by atoms with van der Waals surface area (Å²) in [4.78, 5) is 14.4. The van der Waals surface area contributed by atoms with Gasteiger partial charge in [0, 0.05) is 6.04 Å². The van der Waals surface area contributed by atoms with E-state index in [1.807, 2.05) is 0 Å². The summed E-state index contributed by atoms with van der Waals surface area (Å²) in [5.74, 6) is -1.49. The monoisotopic (exact) mass is 274 g/mol. The first kappa shape index (κ1) is 13.6. The standard InChI is InChI=1S/C12H13F3N2O2/c13-12(14,15)9-6-5-8(11(18)19)10(17-9)16-7-3-1-2-4-7/h5-7H,1-4H2,(H,16,17)(H,18,19). The minimum Gasteiger partial charge on any atom is -0.478 e. The van der Waals surface area contributed by atoms with E-state index in [4.69, 9.17) is 5.11 Å². The molecule has 19 heavy (non-hydrogen) atoms. The lowest BCUT2D eigenvalue weighted by Gasteiger charge is -2.16. The van der Waals surface area contributed by atoms with Gasteiger partial charge < -0.3 is 10.4 Å². The minimum atomic E-state index is -4.58. The number of nitrogens with one attached hydrogen (secondary N) is 1. The molecule has 1 fully saturated rings. The molecule has 0 atom stereocenters. The third-order valence-corrected chi connectivity index (χ3v) is 3.11. The van der Waals surface area contributed by atoms with Crippen LogP contribution in [0.4, 0.5) is 19.0 Å². The van der Waals surface area contributed by atoms with Crippen molar-refractivity contribution in [2.75, 3.05) is 5.32 Å². The van der Waals surface area contributed by atoms with Crippen LogP contribution in [-0.2, 0) is 6.18 Å². The van der Waals surface area contributed by atoms with E-state index in [1.54, 1.807) is 0 Å². The van der Waals surface area contributed by atoms with Gasteiger partial charge in [-0.3, -0.25) is 0 Å². The second kappa shape index (κ2) is 5.07. The summed E-state index contributed by atoms with van der Waals surface area (Å²) in [6.07, 6.45) is -0.977. The van der Waals surface area contributed by atoms with Crippen molar-refractivity contribution in [1.29, 1.82) is 0 Å². The number of carbonyl (C=O) groups is 1. The highest BCUT2D eigenvalue weighted by atomic mass is 19.4. The summed E-state index contributed by atoms with van der Waals surface area (Å²) >= 11 is 0. The van der Waals surface area contributed by atoms with Gasteiger partial charge in [-0.1, -0.05) is 12.8 Å². The Balaban J connectivity index is 2.32. The van der Waals surface area contributed by atoms with Crippen LogP contribution in [0.25, 0.3) is 0 Å². The first-order chi connectivity index (χ1) is 8.88. The number of alkyl halides is 3. The Bertz CT molecular complexity index is 482. The van der Waals surface area contributed by atoms with Gasteiger partial charge in [0.2, 0.25) is 0 Å². The Hall–Kier alpha value is -1.79. The van der Waals surface area contributed by atoms with Gasteiger partial charge in [0.15, 0.2) is 0 Å². The zero-order chi connectivity index (χ0) is 14.0. The Labute approximate surface area is 107 Å². The fourth-order valence-corrected chi connectivity index (χ4v) is 2.16. The molecule has 2 rings (SSSR count). The highest BCUT2D eigenvalue weighted by Gasteiger charge is 2.34. The molecule has 0 aromatic carbocycles. The van der Waals surface area contributed by atoms with E-state index < -0.39 is 17.8 Å². The van der Waals surface area contributed by atoms with E-state index in [1.165, 1.54) is 0 Å². The van der Waals surface area contributed by atoms with Crippen LogP contribution in [-0.4, -0.2) is 22.1 Å². The molecule has 1 aromatic rings. The van der Waals surface area contributed by atoms with Crippen LogP contribution in [0.5, 0.6) is 0 Å². The van der Waals surface area contributed by atoms with Gasteiger partial charge in [0.1, 0.15) is 17.1 Å². The van der Waals surface area contributed by atoms with E-state index in [2.05, 4.69) is 10.3 Å². The highest BCUT2D eigenvalue weighted by molar-refractivity contribution is 5.93. The predicted octanol–water partition coefficient (Wildman–Crippen LogP) is 3.15. The summed E-state index contributed by atoms with van der Waals surface area (Å²) in [5.41, 5.74) is -1.32. The van der Waals surface area contributed by atoms with Gasteiger partial charge in [-0.15, -0.1) is 0 Å². The molecular formula is C12H13F3N2O2. The molecule has 0 bridgehead atoms. The smallest absolute Gasteiger partial charge is 0.433 e. The first-order valence-electron chi connectivity index (χ1n) is 5.96. The minimum absolute atomic E-state index is 0.00548. The SMILES string of the molecule is O=C(O)c1ccc(C(F)(F)F)nc1NC1CCCC1. The summed E-state index contributed by atoms with van der Waals surface area (Å²) in [6.45, 7) is 0. The molecule has 0 aliphatic heterocycles. The Morgan fingerprint density at radius 3 is 2.47 bits per heavy atom.